The van der Waals surface area contributed by atoms with E-state index in [1.165, 1.54) is 11.8 Å². The van der Waals surface area contributed by atoms with Crippen molar-refractivity contribution in [1.29, 1.82) is 0 Å². The third-order valence-corrected chi connectivity index (χ3v) is 4.65. The number of ketones is 1. The first-order valence-corrected chi connectivity index (χ1v) is 8.72. The number of halogens is 1. The summed E-state index contributed by atoms with van der Waals surface area (Å²) in [5.41, 5.74) is -0.459. The number of para-hydroxylation sites is 1. The molecule has 1 saturated heterocycles. The van der Waals surface area contributed by atoms with E-state index in [1.54, 1.807) is 23.1 Å². The molecule has 6 heteroatoms. The lowest BCUT2D eigenvalue weighted by Gasteiger charge is -2.19. The molecule has 0 radical (unpaired) electrons. The Bertz CT molecular complexity index is 637. The Morgan fingerprint density at radius 2 is 2.09 bits per heavy atom. The van der Waals surface area contributed by atoms with Crippen LogP contribution in [0.5, 0.6) is 5.75 Å². The van der Waals surface area contributed by atoms with Crippen LogP contribution < -0.4 is 4.74 Å². The summed E-state index contributed by atoms with van der Waals surface area (Å²) in [5, 5.41) is 1.23. The predicted octanol–water partition coefficient (Wildman–Crippen LogP) is 3.75. The molecule has 1 aromatic rings. The second-order valence-electron chi connectivity index (χ2n) is 6.21. The number of ether oxygens (including phenoxy) is 1. The zero-order valence-corrected chi connectivity index (χ0v) is 15.0. The van der Waals surface area contributed by atoms with Gasteiger partial charge < -0.3 is 9.64 Å². The van der Waals surface area contributed by atoms with Crippen molar-refractivity contribution < 1.29 is 14.3 Å². The maximum Gasteiger partial charge on any atom is 0.237 e. The van der Waals surface area contributed by atoms with Crippen LogP contribution in [0.15, 0.2) is 35.4 Å². The summed E-state index contributed by atoms with van der Waals surface area (Å²) in [6.07, 6.45) is 1.56. The molecule has 1 aliphatic heterocycles. The monoisotopic (exact) mass is 353 g/mol. The summed E-state index contributed by atoms with van der Waals surface area (Å²) in [4.78, 5) is 25.7. The van der Waals surface area contributed by atoms with E-state index in [9.17, 15) is 9.59 Å². The van der Waals surface area contributed by atoms with Gasteiger partial charge in [0.2, 0.25) is 5.91 Å². The topological polar surface area (TPSA) is 46.6 Å². The molecule has 0 aromatic heterocycles. The van der Waals surface area contributed by atoms with Gasteiger partial charge in [0.15, 0.2) is 5.78 Å². The molecule has 1 amide bonds. The number of allylic oxidation sites excluding steroid dienone is 1. The fourth-order valence-electron chi connectivity index (χ4n) is 1.91. The Kier molecular flexibility index (Phi) is 5.76. The van der Waals surface area contributed by atoms with Crippen molar-refractivity contribution in [1.82, 2.24) is 4.90 Å². The van der Waals surface area contributed by atoms with Crippen LogP contribution in [0, 0.1) is 5.41 Å². The molecule has 0 unspecified atom stereocenters. The van der Waals surface area contributed by atoms with E-state index >= 15 is 0 Å². The number of thioether (sulfide) groups is 1. The second kappa shape index (κ2) is 7.41. The molecule has 1 aromatic carbocycles. The zero-order valence-electron chi connectivity index (χ0n) is 13.5. The molecule has 23 heavy (non-hydrogen) atoms. The van der Waals surface area contributed by atoms with Gasteiger partial charge >= 0.3 is 0 Å². The number of nitrogens with zero attached hydrogens (tertiary/aromatic N) is 1. The molecular weight excluding hydrogens is 334 g/mol. The maximum atomic E-state index is 12.1. The van der Waals surface area contributed by atoms with Crippen molar-refractivity contribution in [2.75, 3.05) is 18.9 Å². The van der Waals surface area contributed by atoms with Crippen LogP contribution >= 0.6 is 23.4 Å². The lowest BCUT2D eigenvalue weighted by molar-refractivity contribution is -0.125. The third-order valence-electron chi connectivity index (χ3n) is 3.31. The number of hydrogen-bond acceptors (Lipinski definition) is 4. The summed E-state index contributed by atoms with van der Waals surface area (Å²) < 4.78 is 5.62. The first-order valence-electron chi connectivity index (χ1n) is 7.35. The van der Waals surface area contributed by atoms with E-state index in [-0.39, 0.29) is 11.7 Å². The number of amides is 1. The first-order chi connectivity index (χ1) is 10.8. The van der Waals surface area contributed by atoms with Gasteiger partial charge in [-0.15, -0.1) is 0 Å². The molecule has 1 heterocycles. The zero-order chi connectivity index (χ0) is 17.0. The van der Waals surface area contributed by atoms with Crippen LogP contribution in [0.1, 0.15) is 20.8 Å². The lowest BCUT2D eigenvalue weighted by atomic mass is 9.91. The van der Waals surface area contributed by atoms with E-state index in [4.69, 9.17) is 16.3 Å². The highest BCUT2D eigenvalue weighted by molar-refractivity contribution is 8.04. The highest BCUT2D eigenvalue weighted by Gasteiger charge is 2.29. The largest absolute Gasteiger partial charge is 0.490 e. The summed E-state index contributed by atoms with van der Waals surface area (Å²) in [6, 6.07) is 7.20. The van der Waals surface area contributed by atoms with E-state index < -0.39 is 5.41 Å². The Labute approximate surface area is 145 Å². The van der Waals surface area contributed by atoms with Crippen LogP contribution in [-0.2, 0) is 9.59 Å². The van der Waals surface area contributed by atoms with Gasteiger partial charge in [-0.3, -0.25) is 9.59 Å². The lowest BCUT2D eigenvalue weighted by Crippen LogP contribution is -2.30. The van der Waals surface area contributed by atoms with Crippen molar-refractivity contribution in [2.24, 2.45) is 5.41 Å². The smallest absolute Gasteiger partial charge is 0.237 e. The number of carbonyl (C=O) groups excluding carboxylic acids is 2. The van der Waals surface area contributed by atoms with Gasteiger partial charge in [-0.1, -0.05) is 56.3 Å². The van der Waals surface area contributed by atoms with Gasteiger partial charge in [-0.25, -0.2) is 0 Å². The normalized spacial score (nSPS) is 17.0. The van der Waals surface area contributed by atoms with E-state index in [0.717, 1.165) is 0 Å². The number of benzene rings is 1. The summed E-state index contributed by atoms with van der Waals surface area (Å²) in [7, 11) is 0. The van der Waals surface area contributed by atoms with Crippen LogP contribution in [0.3, 0.4) is 0 Å². The molecule has 0 spiro atoms. The minimum atomic E-state index is -0.459. The Morgan fingerprint density at radius 3 is 2.74 bits per heavy atom. The highest BCUT2D eigenvalue weighted by Crippen LogP contribution is 2.30. The summed E-state index contributed by atoms with van der Waals surface area (Å²) in [5.74, 6) is 0.942. The molecule has 1 fully saturated rings. The molecule has 2 rings (SSSR count). The number of carbonyl (C=O) groups is 2. The average Bonchev–Trinajstić information content (AvgIpc) is 2.81. The maximum absolute atomic E-state index is 12.1. The summed E-state index contributed by atoms with van der Waals surface area (Å²) in [6.45, 7) is 6.29. The van der Waals surface area contributed by atoms with E-state index in [1.807, 2.05) is 32.9 Å². The first kappa shape index (κ1) is 17.9. The molecular formula is C17H20ClNO3S. The van der Waals surface area contributed by atoms with Crippen molar-refractivity contribution in [2.45, 2.75) is 20.8 Å². The van der Waals surface area contributed by atoms with Gasteiger partial charge in [-0.2, -0.15) is 0 Å². The van der Waals surface area contributed by atoms with Crippen LogP contribution in [0.2, 0.25) is 5.02 Å². The molecule has 0 saturated carbocycles. The van der Waals surface area contributed by atoms with Crippen molar-refractivity contribution in [3.63, 3.8) is 0 Å². The molecule has 0 bridgehead atoms. The fraction of sp³-hybridized carbons (Fsp3) is 0.412. The molecule has 1 aliphatic rings. The minimum Gasteiger partial charge on any atom is -0.490 e. The van der Waals surface area contributed by atoms with Crippen molar-refractivity contribution in [3.8, 4) is 5.75 Å². The van der Waals surface area contributed by atoms with Gasteiger partial charge in [-0.05, 0) is 12.1 Å². The molecule has 0 N–H and O–H groups in total. The van der Waals surface area contributed by atoms with Gasteiger partial charge in [0.05, 0.1) is 22.3 Å². The van der Waals surface area contributed by atoms with Crippen molar-refractivity contribution >= 4 is 35.1 Å². The van der Waals surface area contributed by atoms with Crippen molar-refractivity contribution in [3.05, 3.63) is 40.4 Å². The number of rotatable bonds is 5. The quantitative estimate of drug-likeness (QED) is 0.756. The van der Waals surface area contributed by atoms with Gasteiger partial charge in [0, 0.05) is 11.5 Å². The fourth-order valence-corrected chi connectivity index (χ4v) is 3.06. The second-order valence-corrected chi connectivity index (χ2v) is 7.61. The molecule has 0 atom stereocenters. The Hall–Kier alpha value is -1.46. The highest BCUT2D eigenvalue weighted by atomic mass is 35.5. The van der Waals surface area contributed by atoms with Gasteiger partial charge in [0.25, 0.3) is 0 Å². The minimum absolute atomic E-state index is 0.00622. The Balaban J connectivity index is 1.99. The average molecular weight is 354 g/mol. The molecule has 0 aliphatic carbocycles. The van der Waals surface area contributed by atoms with E-state index in [2.05, 4.69) is 0 Å². The molecule has 124 valence electrons. The number of hydrogen-bond donors (Lipinski definition) is 0. The van der Waals surface area contributed by atoms with Crippen LogP contribution in [0.25, 0.3) is 0 Å². The van der Waals surface area contributed by atoms with Gasteiger partial charge in [0.1, 0.15) is 12.4 Å². The van der Waals surface area contributed by atoms with Crippen LogP contribution in [0.4, 0.5) is 0 Å². The summed E-state index contributed by atoms with van der Waals surface area (Å²) >= 11 is 7.42. The Morgan fingerprint density at radius 1 is 1.39 bits per heavy atom. The SMILES string of the molecule is CC(C)(C)C(=O)/C=C1\SCC(=O)N1CCOc1ccccc1Cl. The van der Waals surface area contributed by atoms with Crippen LogP contribution in [-0.4, -0.2) is 35.5 Å². The van der Waals surface area contributed by atoms with E-state index in [0.29, 0.717) is 34.7 Å². The standard InChI is InChI=1S/C17H20ClNO3S/c1-17(2,3)14(20)10-16-19(15(21)11-23-16)8-9-22-13-7-5-4-6-12(13)18/h4-7,10H,8-9,11H2,1-3H3/b16-10-. The predicted molar refractivity (Wildman–Crippen MR) is 93.7 cm³/mol. The molecule has 4 nitrogen and oxygen atoms in total. The third kappa shape index (κ3) is 4.75.